The number of hydrogen-bond donors (Lipinski definition) is 1. The van der Waals surface area contributed by atoms with E-state index in [9.17, 15) is 4.79 Å². The minimum Gasteiger partial charge on any atom is -0.485 e. The summed E-state index contributed by atoms with van der Waals surface area (Å²) in [6.07, 6.45) is 0.837. The van der Waals surface area contributed by atoms with Crippen molar-refractivity contribution in [2.45, 2.75) is 32.8 Å². The Labute approximate surface area is 181 Å². The third-order valence-electron chi connectivity index (χ3n) is 5.66. The molecule has 0 unspecified atom stereocenters. The molecule has 0 aliphatic carbocycles. The van der Waals surface area contributed by atoms with E-state index in [0.717, 1.165) is 65.3 Å². The van der Waals surface area contributed by atoms with Gasteiger partial charge >= 0.3 is 0 Å². The van der Waals surface area contributed by atoms with Crippen LogP contribution in [-0.4, -0.2) is 49.6 Å². The molecule has 1 saturated heterocycles. The number of carbonyl (C=O) groups is 1. The summed E-state index contributed by atoms with van der Waals surface area (Å²) in [5, 5.41) is 3.10. The number of ether oxygens (including phenoxy) is 1. The number of anilines is 2. The van der Waals surface area contributed by atoms with E-state index in [1.165, 1.54) is 0 Å². The maximum atomic E-state index is 12.9. The first-order chi connectivity index (χ1) is 13.7. The number of fused-ring (bicyclic) bond motifs is 1. The fourth-order valence-electron chi connectivity index (χ4n) is 4.04. The van der Waals surface area contributed by atoms with Crippen LogP contribution in [0.1, 0.15) is 35.3 Å². The molecule has 0 saturated carbocycles. The van der Waals surface area contributed by atoms with Gasteiger partial charge in [0.25, 0.3) is 5.91 Å². The van der Waals surface area contributed by atoms with Crippen LogP contribution in [0.4, 0.5) is 11.4 Å². The zero-order chi connectivity index (χ0) is 20.8. The highest BCUT2D eigenvalue weighted by atomic mass is 79.9. The third-order valence-corrected chi connectivity index (χ3v) is 6.55. The standard InChI is InChI=1S/C23H28BrN3O2/c1-15-11-16(5-6-19(15)24)22(28)25-18-12-17-14-23(2,3)29-21(17)20(13-18)27-9-7-26(4)8-10-27/h5-6,11-13H,7-10,14H2,1-4H3,(H,25,28). The van der Waals surface area contributed by atoms with Crippen LogP contribution in [0.15, 0.2) is 34.8 Å². The zero-order valence-electron chi connectivity index (χ0n) is 17.5. The fourth-order valence-corrected chi connectivity index (χ4v) is 4.28. The van der Waals surface area contributed by atoms with Crippen molar-refractivity contribution in [1.29, 1.82) is 0 Å². The van der Waals surface area contributed by atoms with Crippen LogP contribution in [0.2, 0.25) is 0 Å². The lowest BCUT2D eigenvalue weighted by Crippen LogP contribution is -2.44. The van der Waals surface area contributed by atoms with Crippen LogP contribution in [0.3, 0.4) is 0 Å². The number of carbonyl (C=O) groups excluding carboxylic acids is 1. The molecule has 2 aliphatic rings. The van der Waals surface area contributed by atoms with Crippen molar-refractivity contribution in [2.75, 3.05) is 43.4 Å². The molecule has 0 aromatic heterocycles. The van der Waals surface area contributed by atoms with Gasteiger partial charge < -0.3 is 19.9 Å². The zero-order valence-corrected chi connectivity index (χ0v) is 19.1. The van der Waals surface area contributed by atoms with Crippen molar-refractivity contribution >= 4 is 33.2 Å². The maximum Gasteiger partial charge on any atom is 0.255 e. The van der Waals surface area contributed by atoms with Crippen molar-refractivity contribution in [3.8, 4) is 5.75 Å². The summed E-state index contributed by atoms with van der Waals surface area (Å²) in [4.78, 5) is 17.6. The SMILES string of the molecule is Cc1cc(C(=O)Nc2cc3c(c(N4CCN(C)CC4)c2)OC(C)(C)C3)ccc1Br. The van der Waals surface area contributed by atoms with Gasteiger partial charge in [0.15, 0.2) is 0 Å². The van der Waals surface area contributed by atoms with Crippen LogP contribution in [0.5, 0.6) is 5.75 Å². The van der Waals surface area contributed by atoms with E-state index in [1.807, 2.05) is 25.1 Å². The van der Waals surface area contributed by atoms with E-state index in [2.05, 4.69) is 64.1 Å². The summed E-state index contributed by atoms with van der Waals surface area (Å²) in [5.74, 6) is 0.875. The predicted molar refractivity (Wildman–Crippen MR) is 121 cm³/mol. The molecule has 2 aliphatic heterocycles. The second-order valence-corrected chi connectivity index (χ2v) is 9.58. The summed E-state index contributed by atoms with van der Waals surface area (Å²) in [6, 6.07) is 9.79. The summed E-state index contributed by atoms with van der Waals surface area (Å²) in [6.45, 7) is 10.2. The Hall–Kier alpha value is -2.05. The average molecular weight is 458 g/mol. The molecule has 0 radical (unpaired) electrons. The van der Waals surface area contributed by atoms with Crippen LogP contribution < -0.4 is 15.0 Å². The minimum absolute atomic E-state index is 0.0944. The molecule has 6 heteroatoms. The largest absolute Gasteiger partial charge is 0.485 e. The Morgan fingerprint density at radius 3 is 2.55 bits per heavy atom. The van der Waals surface area contributed by atoms with Crippen molar-refractivity contribution in [3.63, 3.8) is 0 Å². The number of piperazine rings is 1. The summed E-state index contributed by atoms with van der Waals surface area (Å²) < 4.78 is 7.31. The summed E-state index contributed by atoms with van der Waals surface area (Å²) >= 11 is 3.49. The molecule has 1 N–H and O–H groups in total. The summed E-state index contributed by atoms with van der Waals surface area (Å²) in [5.41, 5.74) is 4.54. The topological polar surface area (TPSA) is 44.8 Å². The van der Waals surface area contributed by atoms with Gasteiger partial charge in [-0.1, -0.05) is 15.9 Å². The van der Waals surface area contributed by atoms with Gasteiger partial charge in [0.2, 0.25) is 0 Å². The van der Waals surface area contributed by atoms with Crippen molar-refractivity contribution in [1.82, 2.24) is 4.90 Å². The van der Waals surface area contributed by atoms with E-state index in [4.69, 9.17) is 4.74 Å². The van der Waals surface area contributed by atoms with E-state index in [-0.39, 0.29) is 11.5 Å². The number of rotatable bonds is 3. The molecule has 5 nitrogen and oxygen atoms in total. The molecule has 154 valence electrons. The van der Waals surface area contributed by atoms with Gasteiger partial charge in [-0.2, -0.15) is 0 Å². The Balaban J connectivity index is 1.65. The average Bonchev–Trinajstić information content (AvgIpc) is 2.97. The molecule has 0 spiro atoms. The van der Waals surface area contributed by atoms with Crippen LogP contribution in [-0.2, 0) is 6.42 Å². The molecular formula is C23H28BrN3O2. The van der Waals surface area contributed by atoms with Crippen molar-refractivity contribution < 1.29 is 9.53 Å². The first-order valence-corrected chi connectivity index (χ1v) is 10.9. The smallest absolute Gasteiger partial charge is 0.255 e. The second kappa shape index (κ2) is 7.65. The molecule has 4 rings (SSSR count). The molecule has 29 heavy (non-hydrogen) atoms. The Morgan fingerprint density at radius 2 is 1.86 bits per heavy atom. The Morgan fingerprint density at radius 1 is 1.14 bits per heavy atom. The fraction of sp³-hybridized carbons (Fsp3) is 0.435. The monoisotopic (exact) mass is 457 g/mol. The van der Waals surface area contributed by atoms with Gasteiger partial charge in [-0.15, -0.1) is 0 Å². The third kappa shape index (κ3) is 4.28. The van der Waals surface area contributed by atoms with E-state index < -0.39 is 0 Å². The quantitative estimate of drug-likeness (QED) is 0.737. The highest BCUT2D eigenvalue weighted by molar-refractivity contribution is 9.10. The van der Waals surface area contributed by atoms with Gasteiger partial charge in [0.05, 0.1) is 5.69 Å². The van der Waals surface area contributed by atoms with Gasteiger partial charge in [0.1, 0.15) is 11.4 Å². The number of amides is 1. The van der Waals surface area contributed by atoms with Crippen LogP contribution >= 0.6 is 15.9 Å². The molecular weight excluding hydrogens is 430 g/mol. The molecule has 2 aromatic carbocycles. The lowest BCUT2D eigenvalue weighted by atomic mass is 10.0. The minimum atomic E-state index is -0.227. The lowest BCUT2D eigenvalue weighted by molar-refractivity contribution is 0.102. The first-order valence-electron chi connectivity index (χ1n) is 10.1. The molecule has 2 heterocycles. The molecule has 2 aromatic rings. The molecule has 0 atom stereocenters. The van der Waals surface area contributed by atoms with Gasteiger partial charge in [-0.05, 0) is 63.7 Å². The first kappa shape index (κ1) is 20.2. The molecule has 1 fully saturated rings. The molecule has 0 bridgehead atoms. The van der Waals surface area contributed by atoms with Crippen molar-refractivity contribution in [3.05, 3.63) is 51.5 Å². The van der Waals surface area contributed by atoms with E-state index in [0.29, 0.717) is 5.56 Å². The Kier molecular flexibility index (Phi) is 5.34. The van der Waals surface area contributed by atoms with Crippen LogP contribution in [0.25, 0.3) is 0 Å². The normalized spacial score (nSPS) is 18.3. The number of benzene rings is 2. The van der Waals surface area contributed by atoms with Crippen molar-refractivity contribution in [2.24, 2.45) is 0 Å². The number of halogens is 1. The second-order valence-electron chi connectivity index (χ2n) is 8.73. The number of aryl methyl sites for hydroxylation is 1. The highest BCUT2D eigenvalue weighted by Crippen LogP contribution is 2.44. The van der Waals surface area contributed by atoms with E-state index in [1.54, 1.807) is 0 Å². The van der Waals surface area contributed by atoms with E-state index >= 15 is 0 Å². The number of likely N-dealkylation sites (N-methyl/N-ethyl adjacent to an activating group) is 1. The number of nitrogens with one attached hydrogen (secondary N) is 1. The van der Waals surface area contributed by atoms with Gasteiger partial charge in [-0.25, -0.2) is 0 Å². The summed E-state index contributed by atoms with van der Waals surface area (Å²) in [7, 11) is 2.15. The number of nitrogens with zero attached hydrogens (tertiary/aromatic N) is 2. The van der Waals surface area contributed by atoms with Gasteiger partial charge in [0, 0.05) is 53.9 Å². The van der Waals surface area contributed by atoms with Crippen LogP contribution in [0, 0.1) is 6.92 Å². The maximum absolute atomic E-state index is 12.9. The highest BCUT2D eigenvalue weighted by Gasteiger charge is 2.34. The lowest BCUT2D eigenvalue weighted by Gasteiger charge is -2.35. The Bertz CT molecular complexity index is 949. The number of hydrogen-bond acceptors (Lipinski definition) is 4. The molecule has 1 amide bonds. The van der Waals surface area contributed by atoms with Gasteiger partial charge in [-0.3, -0.25) is 4.79 Å². The predicted octanol–water partition coefficient (Wildman–Crippen LogP) is 4.48.